The average Bonchev–Trinajstić information content (AvgIpc) is 3.23. The van der Waals surface area contributed by atoms with Gasteiger partial charge in [-0.2, -0.15) is 0 Å². The fourth-order valence-electron chi connectivity index (χ4n) is 3.83. The molecule has 1 aromatic heterocycles. The lowest BCUT2D eigenvalue weighted by Gasteiger charge is -2.31. The molecule has 1 aliphatic heterocycles. The Kier molecular flexibility index (Phi) is 6.98. The van der Waals surface area contributed by atoms with Crippen molar-refractivity contribution in [2.24, 2.45) is 0 Å². The Morgan fingerprint density at radius 2 is 1.90 bits per heavy atom. The molecule has 0 spiro atoms. The zero-order valence-electron chi connectivity index (χ0n) is 19.2. The van der Waals surface area contributed by atoms with Gasteiger partial charge in [0.05, 0.1) is 6.04 Å². The van der Waals surface area contributed by atoms with Crippen molar-refractivity contribution in [3.05, 3.63) is 59.8 Å². The molecule has 0 radical (unpaired) electrons. The third-order valence-electron chi connectivity index (χ3n) is 5.56. The highest BCUT2D eigenvalue weighted by Gasteiger charge is 2.32. The molecule has 31 heavy (non-hydrogen) atoms. The van der Waals surface area contributed by atoms with Crippen LogP contribution in [0, 0.1) is 0 Å². The molecule has 1 fully saturated rings. The number of aromatic nitrogens is 1. The zero-order valence-corrected chi connectivity index (χ0v) is 19.2. The normalized spacial score (nSPS) is 17.3. The van der Waals surface area contributed by atoms with Gasteiger partial charge in [0.2, 0.25) is 0 Å². The lowest BCUT2D eigenvalue weighted by molar-refractivity contribution is 0.0565. The van der Waals surface area contributed by atoms with E-state index in [1.165, 1.54) is 0 Å². The molecule has 0 bridgehead atoms. The van der Waals surface area contributed by atoms with E-state index in [-0.39, 0.29) is 18.0 Å². The topological polar surface area (TPSA) is 62.7 Å². The zero-order chi connectivity index (χ0) is 22.6. The van der Waals surface area contributed by atoms with Crippen LogP contribution in [0.4, 0.5) is 10.6 Å². The summed E-state index contributed by atoms with van der Waals surface area (Å²) in [5, 5.41) is 0. The van der Waals surface area contributed by atoms with Crippen LogP contribution >= 0.6 is 0 Å². The molecule has 3 rings (SSSR count). The van der Waals surface area contributed by atoms with E-state index in [4.69, 9.17) is 4.74 Å². The van der Waals surface area contributed by atoms with Crippen LogP contribution in [0.1, 0.15) is 75.8 Å². The molecule has 2 aromatic rings. The summed E-state index contributed by atoms with van der Waals surface area (Å²) < 4.78 is 5.60. The first-order valence-electron chi connectivity index (χ1n) is 11.1. The molecular weight excluding hydrogens is 390 g/mol. The van der Waals surface area contributed by atoms with Gasteiger partial charge in [0, 0.05) is 24.3 Å². The minimum Gasteiger partial charge on any atom is -0.443 e. The van der Waals surface area contributed by atoms with Crippen molar-refractivity contribution in [2.75, 3.05) is 11.4 Å². The van der Waals surface area contributed by atoms with Gasteiger partial charge in [-0.25, -0.2) is 9.78 Å². The summed E-state index contributed by atoms with van der Waals surface area (Å²) in [6.07, 6.45) is 4.03. The van der Waals surface area contributed by atoms with Crippen molar-refractivity contribution in [2.45, 2.75) is 71.6 Å². The maximum absolute atomic E-state index is 13.0. The lowest BCUT2D eigenvalue weighted by atomic mass is 10.1. The monoisotopic (exact) mass is 423 g/mol. The van der Waals surface area contributed by atoms with E-state index in [0.717, 1.165) is 31.4 Å². The highest BCUT2D eigenvalue weighted by atomic mass is 16.6. The second-order valence-electron chi connectivity index (χ2n) is 9.08. The Labute approximate surface area is 185 Å². The Hall–Kier alpha value is -2.89. The highest BCUT2D eigenvalue weighted by Crippen LogP contribution is 2.33. The van der Waals surface area contributed by atoms with Crippen molar-refractivity contribution in [1.29, 1.82) is 0 Å². The number of pyridine rings is 1. The Bertz CT molecular complexity index is 890. The molecule has 0 N–H and O–H groups in total. The van der Waals surface area contributed by atoms with E-state index < -0.39 is 11.7 Å². The molecule has 1 saturated heterocycles. The summed E-state index contributed by atoms with van der Waals surface area (Å²) in [7, 11) is 0. The number of amides is 2. The standard InChI is InChI=1S/C25H33N3O3/c1-6-18(2)28(24(30)31-25(3,4)5)22-15-14-20(17-26-22)21-13-10-16-27(21)23(29)19-11-8-7-9-12-19/h7-9,11-12,14-15,17-18,21H,6,10,13,16H2,1-5H3/t18-,21+/m0/s1. The first-order valence-corrected chi connectivity index (χ1v) is 11.1. The van der Waals surface area contributed by atoms with Crippen LogP contribution in [-0.2, 0) is 4.74 Å². The maximum atomic E-state index is 13.0. The van der Waals surface area contributed by atoms with Gasteiger partial charge in [-0.05, 0) is 70.7 Å². The van der Waals surface area contributed by atoms with E-state index in [1.807, 2.05) is 82.0 Å². The molecular formula is C25H33N3O3. The summed E-state index contributed by atoms with van der Waals surface area (Å²) >= 11 is 0. The Morgan fingerprint density at radius 3 is 2.48 bits per heavy atom. The number of benzene rings is 1. The molecule has 166 valence electrons. The molecule has 0 unspecified atom stereocenters. The molecule has 2 amide bonds. The van der Waals surface area contributed by atoms with Gasteiger partial charge in [-0.1, -0.05) is 31.2 Å². The first kappa shape index (κ1) is 22.8. The SMILES string of the molecule is CC[C@H](C)N(C(=O)OC(C)(C)C)c1ccc([C@H]2CCCN2C(=O)c2ccccc2)cn1. The molecule has 6 nitrogen and oxygen atoms in total. The average molecular weight is 424 g/mol. The van der Waals surface area contributed by atoms with Crippen molar-refractivity contribution < 1.29 is 14.3 Å². The van der Waals surface area contributed by atoms with Crippen LogP contribution < -0.4 is 4.90 Å². The second kappa shape index (κ2) is 9.50. The van der Waals surface area contributed by atoms with Crippen LogP contribution in [0.25, 0.3) is 0 Å². The summed E-state index contributed by atoms with van der Waals surface area (Å²) in [6.45, 7) is 10.3. The quantitative estimate of drug-likeness (QED) is 0.628. The van der Waals surface area contributed by atoms with Gasteiger partial charge in [0.15, 0.2) is 0 Å². The minimum absolute atomic E-state index is 0.00664. The Morgan fingerprint density at radius 1 is 1.19 bits per heavy atom. The summed E-state index contributed by atoms with van der Waals surface area (Å²) in [5.41, 5.74) is 1.11. The van der Waals surface area contributed by atoms with Crippen molar-refractivity contribution in [1.82, 2.24) is 9.88 Å². The number of carbonyl (C=O) groups is 2. The van der Waals surface area contributed by atoms with Crippen molar-refractivity contribution >= 4 is 17.8 Å². The van der Waals surface area contributed by atoms with Gasteiger partial charge in [0.1, 0.15) is 11.4 Å². The molecule has 6 heteroatoms. The summed E-state index contributed by atoms with van der Waals surface area (Å²) in [4.78, 5) is 33.9. The minimum atomic E-state index is -0.578. The van der Waals surface area contributed by atoms with Crippen LogP contribution in [0.2, 0.25) is 0 Å². The molecule has 2 atom stereocenters. The number of carbonyl (C=O) groups excluding carboxylic acids is 2. The number of nitrogens with zero attached hydrogens (tertiary/aromatic N) is 3. The van der Waals surface area contributed by atoms with Crippen LogP contribution in [-0.4, -0.2) is 40.1 Å². The van der Waals surface area contributed by atoms with E-state index in [0.29, 0.717) is 11.4 Å². The summed E-state index contributed by atoms with van der Waals surface area (Å²) in [5.74, 6) is 0.605. The number of ether oxygens (including phenoxy) is 1. The third-order valence-corrected chi connectivity index (χ3v) is 5.56. The number of hydrogen-bond acceptors (Lipinski definition) is 4. The fraction of sp³-hybridized carbons (Fsp3) is 0.480. The van der Waals surface area contributed by atoms with Gasteiger partial charge in [-0.3, -0.25) is 9.69 Å². The largest absolute Gasteiger partial charge is 0.443 e. The number of likely N-dealkylation sites (tertiary alicyclic amines) is 1. The summed E-state index contributed by atoms with van der Waals surface area (Å²) in [6, 6.07) is 13.2. The van der Waals surface area contributed by atoms with Gasteiger partial charge < -0.3 is 9.64 Å². The van der Waals surface area contributed by atoms with Crippen LogP contribution in [0.15, 0.2) is 48.7 Å². The smallest absolute Gasteiger partial charge is 0.416 e. The third kappa shape index (κ3) is 5.43. The molecule has 0 aliphatic carbocycles. The van der Waals surface area contributed by atoms with Gasteiger partial charge >= 0.3 is 6.09 Å². The molecule has 1 aromatic carbocycles. The van der Waals surface area contributed by atoms with Crippen LogP contribution in [0.5, 0.6) is 0 Å². The van der Waals surface area contributed by atoms with E-state index in [9.17, 15) is 9.59 Å². The number of hydrogen-bond donors (Lipinski definition) is 0. The fourth-order valence-corrected chi connectivity index (χ4v) is 3.83. The predicted octanol–water partition coefficient (Wildman–Crippen LogP) is 5.60. The number of anilines is 1. The predicted molar refractivity (Wildman–Crippen MR) is 122 cm³/mol. The van der Waals surface area contributed by atoms with Crippen molar-refractivity contribution in [3.63, 3.8) is 0 Å². The Balaban J connectivity index is 1.82. The lowest BCUT2D eigenvalue weighted by Crippen LogP contribution is -2.42. The van der Waals surface area contributed by atoms with E-state index >= 15 is 0 Å². The van der Waals surface area contributed by atoms with E-state index in [1.54, 1.807) is 11.1 Å². The molecule has 1 aliphatic rings. The van der Waals surface area contributed by atoms with Gasteiger partial charge in [0.25, 0.3) is 5.91 Å². The van der Waals surface area contributed by atoms with Crippen LogP contribution in [0.3, 0.4) is 0 Å². The highest BCUT2D eigenvalue weighted by molar-refractivity contribution is 5.94. The van der Waals surface area contributed by atoms with Gasteiger partial charge in [-0.15, -0.1) is 0 Å². The molecule has 2 heterocycles. The van der Waals surface area contributed by atoms with Crippen molar-refractivity contribution in [3.8, 4) is 0 Å². The second-order valence-corrected chi connectivity index (χ2v) is 9.08. The van der Waals surface area contributed by atoms with E-state index in [2.05, 4.69) is 4.98 Å². The first-order chi connectivity index (χ1) is 14.7. The molecule has 0 saturated carbocycles. The maximum Gasteiger partial charge on any atom is 0.416 e. The number of rotatable bonds is 5.